The molecule has 4 saturated carbocycles. The molecule has 4 bridgehead atoms. The molecule has 2 N–H and O–H groups in total. The van der Waals surface area contributed by atoms with E-state index in [0.29, 0.717) is 17.2 Å². The number of nitrogens with zero attached hydrogens (tertiary/aromatic N) is 1. The summed E-state index contributed by atoms with van der Waals surface area (Å²) in [5, 5.41) is 15.7. The molecule has 1 atom stereocenters. The molecule has 30 heavy (non-hydrogen) atoms. The van der Waals surface area contributed by atoms with Crippen LogP contribution < -0.4 is 20.1 Å². The summed E-state index contributed by atoms with van der Waals surface area (Å²) in [6.45, 7) is 2.13. The van der Waals surface area contributed by atoms with Gasteiger partial charge >= 0.3 is 0 Å². The fraction of sp³-hybridized carbons (Fsp3) is 0.583. The highest BCUT2D eigenvalue weighted by Crippen LogP contribution is 2.61. The molecule has 1 aromatic rings. The van der Waals surface area contributed by atoms with E-state index in [2.05, 4.69) is 17.6 Å². The molecule has 160 valence electrons. The van der Waals surface area contributed by atoms with Crippen LogP contribution >= 0.6 is 0 Å². The first-order chi connectivity index (χ1) is 14.5. The predicted octanol–water partition coefficient (Wildman–Crippen LogP) is 4.24. The lowest BCUT2D eigenvalue weighted by molar-refractivity contribution is -0.122. The molecule has 4 fully saturated rings. The molecule has 1 unspecified atom stereocenters. The van der Waals surface area contributed by atoms with Gasteiger partial charge in [-0.05, 0) is 80.8 Å². The number of rotatable bonds is 7. The van der Waals surface area contributed by atoms with Gasteiger partial charge in [-0.15, -0.1) is 0 Å². The highest BCUT2D eigenvalue weighted by Gasteiger charge is 2.53. The Morgan fingerprint density at radius 3 is 2.27 bits per heavy atom. The molecule has 5 rings (SSSR count). The second-order valence-corrected chi connectivity index (χ2v) is 9.36. The molecular formula is C24H31N3O3. The van der Waals surface area contributed by atoms with Crippen LogP contribution in [0.15, 0.2) is 30.0 Å². The second kappa shape index (κ2) is 8.22. The van der Waals surface area contributed by atoms with Crippen molar-refractivity contribution in [3.63, 3.8) is 0 Å². The zero-order valence-corrected chi connectivity index (χ0v) is 18.0. The Balaban J connectivity index is 1.42. The second-order valence-electron chi connectivity index (χ2n) is 9.36. The van der Waals surface area contributed by atoms with Crippen molar-refractivity contribution in [3.05, 3.63) is 30.0 Å². The molecule has 0 aliphatic heterocycles. The fourth-order valence-electron chi connectivity index (χ4n) is 6.37. The highest BCUT2D eigenvalue weighted by atomic mass is 16.5. The van der Waals surface area contributed by atoms with Gasteiger partial charge in [0.05, 0.1) is 14.2 Å². The smallest absolute Gasteiger partial charge is 0.263 e. The average Bonchev–Trinajstić information content (AvgIpc) is 2.73. The quantitative estimate of drug-likeness (QED) is 0.520. The number of hydrogen-bond donors (Lipinski definition) is 2. The van der Waals surface area contributed by atoms with E-state index < -0.39 is 0 Å². The topological polar surface area (TPSA) is 83.4 Å². The minimum atomic E-state index is -0.311. The van der Waals surface area contributed by atoms with Gasteiger partial charge in [0, 0.05) is 24.0 Å². The maximum Gasteiger partial charge on any atom is 0.263 e. The van der Waals surface area contributed by atoms with Gasteiger partial charge in [-0.25, -0.2) is 0 Å². The maximum atomic E-state index is 12.8. The molecule has 0 radical (unpaired) electrons. The van der Waals surface area contributed by atoms with E-state index in [9.17, 15) is 10.1 Å². The highest BCUT2D eigenvalue weighted by molar-refractivity contribution is 5.97. The molecule has 6 heteroatoms. The number of methoxy groups -OCH3 is 2. The number of nitrogens with one attached hydrogen (secondary N) is 2. The third-order valence-electron chi connectivity index (χ3n) is 7.48. The third kappa shape index (κ3) is 3.86. The Hall–Kier alpha value is -2.68. The minimum absolute atomic E-state index is 0.0707. The van der Waals surface area contributed by atoms with Gasteiger partial charge in [-0.2, -0.15) is 5.26 Å². The van der Waals surface area contributed by atoms with E-state index in [-0.39, 0.29) is 22.9 Å². The number of carbonyl (C=O) groups excluding carboxylic acids is 1. The zero-order valence-electron chi connectivity index (χ0n) is 18.0. The molecule has 6 nitrogen and oxygen atoms in total. The summed E-state index contributed by atoms with van der Waals surface area (Å²) in [5.41, 5.74) is 0.991. The molecular weight excluding hydrogens is 378 g/mol. The van der Waals surface area contributed by atoms with Crippen LogP contribution in [0.3, 0.4) is 0 Å². The number of nitriles is 1. The number of anilines is 1. The molecule has 0 spiro atoms. The number of amides is 1. The molecule has 0 heterocycles. The Labute approximate surface area is 178 Å². The van der Waals surface area contributed by atoms with Gasteiger partial charge < -0.3 is 20.1 Å². The minimum Gasteiger partial charge on any atom is -0.493 e. The summed E-state index contributed by atoms with van der Waals surface area (Å²) in [4.78, 5) is 12.8. The van der Waals surface area contributed by atoms with E-state index in [1.54, 1.807) is 26.4 Å². The SMILES string of the molecule is COc1ccc(N/C=C(/C#N)C(=O)NC(C)C23CC4CC(CC(C4)C2)C3)cc1OC. The van der Waals surface area contributed by atoms with Crippen LogP contribution in [-0.2, 0) is 4.79 Å². The van der Waals surface area contributed by atoms with Crippen LogP contribution in [0.1, 0.15) is 45.4 Å². The Bertz CT molecular complexity index is 851. The Morgan fingerprint density at radius 1 is 1.13 bits per heavy atom. The predicted molar refractivity (Wildman–Crippen MR) is 115 cm³/mol. The summed E-state index contributed by atoms with van der Waals surface area (Å²) in [6, 6.07) is 7.46. The van der Waals surface area contributed by atoms with Crippen molar-refractivity contribution in [1.29, 1.82) is 5.26 Å². The summed E-state index contributed by atoms with van der Waals surface area (Å²) in [7, 11) is 3.14. The van der Waals surface area contributed by atoms with Crippen molar-refractivity contribution in [3.8, 4) is 17.6 Å². The third-order valence-corrected chi connectivity index (χ3v) is 7.48. The summed E-state index contributed by atoms with van der Waals surface area (Å²) in [5.74, 6) is 3.37. The lowest BCUT2D eigenvalue weighted by Gasteiger charge is -2.59. The van der Waals surface area contributed by atoms with E-state index >= 15 is 0 Å². The molecule has 1 amide bonds. The van der Waals surface area contributed by atoms with Crippen LogP contribution in [0.2, 0.25) is 0 Å². The van der Waals surface area contributed by atoms with E-state index in [0.717, 1.165) is 17.8 Å². The number of hydrogen-bond acceptors (Lipinski definition) is 5. The van der Waals surface area contributed by atoms with Gasteiger partial charge in [-0.1, -0.05) is 0 Å². The van der Waals surface area contributed by atoms with Crippen molar-refractivity contribution in [2.45, 2.75) is 51.5 Å². The summed E-state index contributed by atoms with van der Waals surface area (Å²) in [6.07, 6.45) is 9.24. The summed E-state index contributed by atoms with van der Waals surface area (Å²) >= 11 is 0. The van der Waals surface area contributed by atoms with Crippen molar-refractivity contribution in [1.82, 2.24) is 5.32 Å². The number of carbonyl (C=O) groups is 1. The standard InChI is InChI=1S/C24H31N3O3/c1-15(24-10-16-6-17(11-24)8-18(7-16)12-24)27-23(28)19(13-25)14-26-20-4-5-21(29-2)22(9-20)30-3/h4-5,9,14-18,26H,6-8,10-12H2,1-3H3,(H,27,28)/b19-14-. The zero-order chi connectivity index (χ0) is 21.3. The summed E-state index contributed by atoms with van der Waals surface area (Å²) < 4.78 is 10.5. The first kappa shape index (κ1) is 20.6. The van der Waals surface area contributed by atoms with Crippen LogP contribution in [0.25, 0.3) is 0 Å². The van der Waals surface area contributed by atoms with Crippen LogP contribution in [-0.4, -0.2) is 26.2 Å². The van der Waals surface area contributed by atoms with Gasteiger partial charge in [0.25, 0.3) is 5.91 Å². The molecule has 1 aromatic carbocycles. The first-order valence-corrected chi connectivity index (χ1v) is 10.9. The lowest BCUT2D eigenvalue weighted by Crippen LogP contribution is -2.56. The van der Waals surface area contributed by atoms with Crippen molar-refractivity contribution in [2.24, 2.45) is 23.2 Å². The van der Waals surface area contributed by atoms with Gasteiger partial charge in [0.2, 0.25) is 0 Å². The molecule has 4 aliphatic carbocycles. The van der Waals surface area contributed by atoms with E-state index in [1.807, 2.05) is 12.1 Å². The van der Waals surface area contributed by atoms with E-state index in [1.165, 1.54) is 44.7 Å². The van der Waals surface area contributed by atoms with Crippen LogP contribution in [0.4, 0.5) is 5.69 Å². The van der Waals surface area contributed by atoms with Gasteiger partial charge in [0.15, 0.2) is 11.5 Å². The molecule has 0 aromatic heterocycles. The molecule has 4 aliphatic rings. The van der Waals surface area contributed by atoms with Crippen LogP contribution in [0, 0.1) is 34.5 Å². The number of ether oxygens (including phenoxy) is 2. The average molecular weight is 410 g/mol. The normalized spacial score (nSPS) is 30.3. The van der Waals surface area contributed by atoms with Gasteiger partial charge in [-0.3, -0.25) is 4.79 Å². The van der Waals surface area contributed by atoms with Gasteiger partial charge in [0.1, 0.15) is 11.6 Å². The van der Waals surface area contributed by atoms with Crippen molar-refractivity contribution < 1.29 is 14.3 Å². The van der Waals surface area contributed by atoms with Crippen molar-refractivity contribution >= 4 is 11.6 Å². The van der Waals surface area contributed by atoms with E-state index in [4.69, 9.17) is 9.47 Å². The Kier molecular flexibility index (Phi) is 5.64. The van der Waals surface area contributed by atoms with Crippen LogP contribution in [0.5, 0.6) is 11.5 Å². The van der Waals surface area contributed by atoms with Crippen molar-refractivity contribution in [2.75, 3.05) is 19.5 Å². The molecule has 0 saturated heterocycles. The fourth-order valence-corrected chi connectivity index (χ4v) is 6.37. The first-order valence-electron chi connectivity index (χ1n) is 10.9. The number of benzene rings is 1. The monoisotopic (exact) mass is 409 g/mol. The lowest BCUT2D eigenvalue weighted by atomic mass is 9.48. The Morgan fingerprint density at radius 2 is 1.73 bits per heavy atom. The largest absolute Gasteiger partial charge is 0.493 e. The maximum absolute atomic E-state index is 12.8.